The summed E-state index contributed by atoms with van der Waals surface area (Å²) in [6, 6.07) is 2.30. The number of nitro groups is 1. The monoisotopic (exact) mass is 235 g/mol. The lowest BCUT2D eigenvalue weighted by atomic mass is 10.1. The van der Waals surface area contributed by atoms with Crippen molar-refractivity contribution in [3.8, 4) is 5.75 Å². The maximum atomic E-state index is 12.0. The van der Waals surface area contributed by atoms with E-state index in [2.05, 4.69) is 4.74 Å². The predicted molar refractivity (Wildman–Crippen MR) is 49.3 cm³/mol. The molecule has 1 aromatic rings. The highest BCUT2D eigenvalue weighted by Crippen LogP contribution is 2.32. The van der Waals surface area contributed by atoms with Gasteiger partial charge < -0.3 is 4.74 Å². The summed E-state index contributed by atoms with van der Waals surface area (Å²) in [6.45, 7) is 2.66. The van der Waals surface area contributed by atoms with Gasteiger partial charge in [0.2, 0.25) is 0 Å². The van der Waals surface area contributed by atoms with E-state index in [0.717, 1.165) is 6.07 Å². The van der Waals surface area contributed by atoms with Gasteiger partial charge in [-0.3, -0.25) is 10.1 Å². The highest BCUT2D eigenvalue weighted by atomic mass is 19.4. The van der Waals surface area contributed by atoms with Crippen molar-refractivity contribution in [3.63, 3.8) is 0 Å². The van der Waals surface area contributed by atoms with Crippen molar-refractivity contribution >= 4 is 5.69 Å². The molecule has 0 atom stereocenters. The zero-order chi connectivity index (χ0) is 12.5. The van der Waals surface area contributed by atoms with E-state index in [0.29, 0.717) is 5.56 Å². The molecule has 0 radical (unpaired) electrons. The average Bonchev–Trinajstić information content (AvgIpc) is 2.07. The normalized spacial score (nSPS) is 11.3. The summed E-state index contributed by atoms with van der Waals surface area (Å²) in [6.07, 6.45) is -4.85. The molecule has 0 bridgehead atoms. The lowest BCUT2D eigenvalue weighted by molar-refractivity contribution is -0.385. The van der Waals surface area contributed by atoms with E-state index in [1.807, 2.05) is 0 Å². The largest absolute Gasteiger partial charge is 0.573 e. The maximum Gasteiger partial charge on any atom is 0.573 e. The molecule has 0 aromatic heterocycles. The number of halogens is 3. The van der Waals surface area contributed by atoms with Crippen LogP contribution in [-0.4, -0.2) is 11.3 Å². The molecule has 0 spiro atoms. The van der Waals surface area contributed by atoms with E-state index in [9.17, 15) is 23.3 Å². The molecule has 16 heavy (non-hydrogen) atoms. The van der Waals surface area contributed by atoms with Crippen molar-refractivity contribution in [2.45, 2.75) is 20.2 Å². The number of nitro benzene ring substituents is 1. The third-order valence-electron chi connectivity index (χ3n) is 1.90. The molecule has 0 saturated heterocycles. The summed E-state index contributed by atoms with van der Waals surface area (Å²) in [4.78, 5) is 9.82. The van der Waals surface area contributed by atoms with Crippen LogP contribution in [0.1, 0.15) is 11.1 Å². The van der Waals surface area contributed by atoms with E-state index < -0.39 is 17.0 Å². The summed E-state index contributed by atoms with van der Waals surface area (Å²) in [5, 5.41) is 10.6. The Hall–Kier alpha value is -1.79. The van der Waals surface area contributed by atoms with E-state index in [1.165, 1.54) is 19.9 Å². The fraction of sp³-hybridized carbons (Fsp3) is 0.333. The third kappa shape index (κ3) is 2.85. The summed E-state index contributed by atoms with van der Waals surface area (Å²) in [5.74, 6) is -0.542. The average molecular weight is 235 g/mol. The second-order valence-electron chi connectivity index (χ2n) is 3.21. The van der Waals surface area contributed by atoms with Crippen molar-refractivity contribution in [1.82, 2.24) is 0 Å². The van der Waals surface area contributed by atoms with Gasteiger partial charge >= 0.3 is 6.36 Å². The SMILES string of the molecule is Cc1cc(OC(F)(F)F)c(C)c([N+](=O)[O-])c1. The van der Waals surface area contributed by atoms with E-state index in [1.54, 1.807) is 0 Å². The minimum Gasteiger partial charge on any atom is -0.405 e. The second kappa shape index (κ2) is 3.99. The fourth-order valence-corrected chi connectivity index (χ4v) is 1.23. The summed E-state index contributed by atoms with van der Waals surface area (Å²) < 4.78 is 39.7. The van der Waals surface area contributed by atoms with Crippen LogP contribution in [0.2, 0.25) is 0 Å². The van der Waals surface area contributed by atoms with Crippen molar-refractivity contribution in [1.29, 1.82) is 0 Å². The van der Waals surface area contributed by atoms with Gasteiger partial charge in [-0.2, -0.15) is 0 Å². The topological polar surface area (TPSA) is 52.4 Å². The van der Waals surface area contributed by atoms with Crippen LogP contribution in [0, 0.1) is 24.0 Å². The van der Waals surface area contributed by atoms with Gasteiger partial charge in [0.1, 0.15) is 5.75 Å². The number of rotatable bonds is 2. The minimum absolute atomic E-state index is 0.145. The van der Waals surface area contributed by atoms with Gasteiger partial charge in [-0.05, 0) is 25.5 Å². The number of nitrogens with zero attached hydrogens (tertiary/aromatic N) is 1. The molecular weight excluding hydrogens is 227 g/mol. The Bertz CT molecular complexity index is 429. The fourth-order valence-electron chi connectivity index (χ4n) is 1.23. The van der Waals surface area contributed by atoms with Crippen LogP contribution in [-0.2, 0) is 0 Å². The molecule has 0 unspecified atom stereocenters. The number of aryl methyl sites for hydroxylation is 1. The Labute approximate surface area is 88.8 Å². The quantitative estimate of drug-likeness (QED) is 0.584. The molecule has 1 rings (SSSR count). The van der Waals surface area contributed by atoms with Crippen LogP contribution >= 0.6 is 0 Å². The Balaban J connectivity index is 3.25. The van der Waals surface area contributed by atoms with Gasteiger partial charge in [0.25, 0.3) is 5.69 Å². The molecule has 0 amide bonds. The zero-order valence-corrected chi connectivity index (χ0v) is 8.46. The van der Waals surface area contributed by atoms with Gasteiger partial charge in [-0.1, -0.05) is 0 Å². The Kier molecular flexibility index (Phi) is 3.06. The van der Waals surface area contributed by atoms with Gasteiger partial charge in [0.05, 0.1) is 10.5 Å². The van der Waals surface area contributed by atoms with Gasteiger partial charge in [0.15, 0.2) is 0 Å². The zero-order valence-electron chi connectivity index (χ0n) is 8.46. The van der Waals surface area contributed by atoms with Crippen LogP contribution in [0.15, 0.2) is 12.1 Å². The molecule has 88 valence electrons. The number of benzene rings is 1. The van der Waals surface area contributed by atoms with E-state index >= 15 is 0 Å². The molecular formula is C9H8F3NO3. The first-order chi connectivity index (χ1) is 7.20. The van der Waals surface area contributed by atoms with Gasteiger partial charge in [0, 0.05) is 6.07 Å². The van der Waals surface area contributed by atoms with E-state index in [-0.39, 0.29) is 11.3 Å². The van der Waals surface area contributed by atoms with Gasteiger partial charge in [-0.15, -0.1) is 13.2 Å². The number of ether oxygens (including phenoxy) is 1. The number of alkyl halides is 3. The molecule has 0 aliphatic rings. The van der Waals surface area contributed by atoms with Crippen LogP contribution < -0.4 is 4.74 Å². The van der Waals surface area contributed by atoms with E-state index in [4.69, 9.17) is 0 Å². The third-order valence-corrected chi connectivity index (χ3v) is 1.90. The van der Waals surface area contributed by atoms with Crippen molar-refractivity contribution < 1.29 is 22.8 Å². The highest BCUT2D eigenvalue weighted by molar-refractivity contribution is 5.51. The summed E-state index contributed by atoms with van der Waals surface area (Å²) in [7, 11) is 0. The summed E-state index contributed by atoms with van der Waals surface area (Å²) >= 11 is 0. The number of hydrogen-bond acceptors (Lipinski definition) is 3. The lowest BCUT2D eigenvalue weighted by Gasteiger charge is -2.12. The van der Waals surface area contributed by atoms with Crippen LogP contribution in [0.4, 0.5) is 18.9 Å². The van der Waals surface area contributed by atoms with Crippen molar-refractivity contribution in [3.05, 3.63) is 33.4 Å². The molecule has 1 aromatic carbocycles. The molecule has 0 heterocycles. The van der Waals surface area contributed by atoms with Gasteiger partial charge in [-0.25, -0.2) is 0 Å². The predicted octanol–water partition coefficient (Wildman–Crippen LogP) is 3.11. The molecule has 0 saturated carbocycles. The first-order valence-electron chi connectivity index (χ1n) is 4.22. The van der Waals surface area contributed by atoms with Crippen molar-refractivity contribution in [2.24, 2.45) is 0 Å². The van der Waals surface area contributed by atoms with Crippen molar-refractivity contribution in [2.75, 3.05) is 0 Å². The minimum atomic E-state index is -4.85. The lowest BCUT2D eigenvalue weighted by Crippen LogP contribution is -2.18. The summed E-state index contributed by atoms with van der Waals surface area (Å²) in [5.41, 5.74) is -0.205. The smallest absolute Gasteiger partial charge is 0.405 e. The first-order valence-corrected chi connectivity index (χ1v) is 4.22. The second-order valence-corrected chi connectivity index (χ2v) is 3.21. The Morgan fingerprint density at radius 1 is 1.31 bits per heavy atom. The Morgan fingerprint density at radius 2 is 1.88 bits per heavy atom. The molecule has 7 heteroatoms. The molecule has 0 fully saturated rings. The standard InChI is InChI=1S/C9H8F3NO3/c1-5-3-7(13(14)15)6(2)8(4-5)16-9(10,11)12/h3-4H,1-2H3. The Morgan fingerprint density at radius 3 is 2.31 bits per heavy atom. The molecule has 0 aliphatic heterocycles. The first kappa shape index (κ1) is 12.3. The molecule has 0 N–H and O–H groups in total. The van der Waals surface area contributed by atoms with Crippen LogP contribution in [0.5, 0.6) is 5.75 Å². The molecule has 4 nitrogen and oxygen atoms in total. The molecule has 0 aliphatic carbocycles. The maximum absolute atomic E-state index is 12.0. The van der Waals surface area contributed by atoms with Crippen LogP contribution in [0.25, 0.3) is 0 Å². The number of hydrogen-bond donors (Lipinski definition) is 0. The van der Waals surface area contributed by atoms with Crippen LogP contribution in [0.3, 0.4) is 0 Å². The highest BCUT2D eigenvalue weighted by Gasteiger charge is 2.33.